The van der Waals surface area contributed by atoms with Gasteiger partial charge in [0.25, 0.3) is 5.56 Å². The number of aliphatic hydroxyl groups is 2. The van der Waals surface area contributed by atoms with Gasteiger partial charge in [-0.3, -0.25) is 9.36 Å². The minimum Gasteiger partial charge on any atom is -0.453 e. The Morgan fingerprint density at radius 2 is 2.35 bits per heavy atom. The summed E-state index contributed by atoms with van der Waals surface area (Å²) in [6.45, 7) is 1.37. The molecule has 0 spiro atoms. The van der Waals surface area contributed by atoms with Crippen LogP contribution in [0.5, 0.6) is 6.01 Å². The maximum atomic E-state index is 11.4. The SMILES string of the molecule is Cc1cn2c(nc1=O)O[C@@H]1[C@H](O)[C@H](CO)O[C@H]12. The number of hydrogen-bond donors (Lipinski definition) is 2. The average molecular weight is 240 g/mol. The lowest BCUT2D eigenvalue weighted by Crippen LogP contribution is -2.34. The Balaban J connectivity index is 2.02. The molecule has 17 heavy (non-hydrogen) atoms. The second-order valence-corrected chi connectivity index (χ2v) is 4.24. The fraction of sp³-hybridized carbons (Fsp3) is 0.600. The summed E-state index contributed by atoms with van der Waals surface area (Å²) >= 11 is 0. The predicted molar refractivity (Wildman–Crippen MR) is 54.7 cm³/mol. The standard InChI is InChI=1S/C10H12N2O5/c1-4-2-12-9-7(6(14)5(3-13)16-9)17-10(12)11-8(4)15/h2,5-7,9,13-14H,3H2,1H3/t5-,6+,7+,9+/m0/s1. The molecule has 0 aromatic carbocycles. The van der Waals surface area contributed by atoms with E-state index in [0.29, 0.717) is 5.56 Å². The average Bonchev–Trinajstić information content (AvgIpc) is 2.78. The highest BCUT2D eigenvalue weighted by Gasteiger charge is 2.50. The second kappa shape index (κ2) is 3.52. The van der Waals surface area contributed by atoms with E-state index in [0.717, 1.165) is 0 Å². The summed E-state index contributed by atoms with van der Waals surface area (Å²) < 4.78 is 12.4. The Morgan fingerprint density at radius 3 is 3.06 bits per heavy atom. The van der Waals surface area contributed by atoms with Crippen LogP contribution in [-0.4, -0.2) is 44.7 Å². The first kappa shape index (κ1) is 10.7. The Hall–Kier alpha value is -1.44. The normalized spacial score (nSPS) is 34.3. The molecule has 3 heterocycles. The van der Waals surface area contributed by atoms with Gasteiger partial charge < -0.3 is 19.7 Å². The number of aliphatic hydroxyl groups excluding tert-OH is 2. The van der Waals surface area contributed by atoms with Gasteiger partial charge in [0, 0.05) is 11.8 Å². The van der Waals surface area contributed by atoms with Crippen molar-refractivity contribution in [1.82, 2.24) is 9.55 Å². The van der Waals surface area contributed by atoms with Crippen LogP contribution in [0.4, 0.5) is 0 Å². The van der Waals surface area contributed by atoms with Crippen molar-refractivity contribution in [3.8, 4) is 6.01 Å². The van der Waals surface area contributed by atoms with Gasteiger partial charge in [0.1, 0.15) is 12.2 Å². The van der Waals surface area contributed by atoms with Crippen LogP contribution in [0.2, 0.25) is 0 Å². The second-order valence-electron chi connectivity index (χ2n) is 4.24. The summed E-state index contributed by atoms with van der Waals surface area (Å²) in [7, 11) is 0. The molecule has 92 valence electrons. The van der Waals surface area contributed by atoms with Crippen LogP contribution >= 0.6 is 0 Å². The molecule has 0 radical (unpaired) electrons. The summed E-state index contributed by atoms with van der Waals surface area (Å²) in [5.41, 5.74) is 0.118. The third kappa shape index (κ3) is 1.40. The van der Waals surface area contributed by atoms with Crippen molar-refractivity contribution in [2.45, 2.75) is 31.5 Å². The first-order valence-corrected chi connectivity index (χ1v) is 5.32. The monoisotopic (exact) mass is 240 g/mol. The van der Waals surface area contributed by atoms with Crippen molar-refractivity contribution in [3.05, 3.63) is 22.1 Å². The van der Waals surface area contributed by atoms with Gasteiger partial charge in [-0.1, -0.05) is 0 Å². The highest BCUT2D eigenvalue weighted by molar-refractivity contribution is 5.15. The summed E-state index contributed by atoms with van der Waals surface area (Å²) in [5, 5.41) is 18.9. The molecule has 2 aliphatic rings. The van der Waals surface area contributed by atoms with Gasteiger partial charge in [0.2, 0.25) is 0 Å². The molecular weight excluding hydrogens is 228 g/mol. The molecule has 0 unspecified atom stereocenters. The first-order chi connectivity index (χ1) is 8.11. The van der Waals surface area contributed by atoms with E-state index in [9.17, 15) is 9.90 Å². The van der Waals surface area contributed by atoms with E-state index in [4.69, 9.17) is 14.6 Å². The van der Waals surface area contributed by atoms with E-state index in [2.05, 4.69) is 4.98 Å². The van der Waals surface area contributed by atoms with E-state index < -0.39 is 24.5 Å². The van der Waals surface area contributed by atoms with E-state index in [1.807, 2.05) is 0 Å². The maximum Gasteiger partial charge on any atom is 0.302 e. The lowest BCUT2D eigenvalue weighted by atomic mass is 10.1. The fourth-order valence-corrected chi connectivity index (χ4v) is 2.16. The molecule has 2 N–H and O–H groups in total. The van der Waals surface area contributed by atoms with Crippen molar-refractivity contribution in [1.29, 1.82) is 0 Å². The Kier molecular flexibility index (Phi) is 2.22. The fourth-order valence-electron chi connectivity index (χ4n) is 2.16. The van der Waals surface area contributed by atoms with Gasteiger partial charge in [-0.2, -0.15) is 4.98 Å². The molecule has 7 heteroatoms. The Morgan fingerprint density at radius 1 is 1.59 bits per heavy atom. The summed E-state index contributed by atoms with van der Waals surface area (Å²) in [5.74, 6) is 0. The quantitative estimate of drug-likeness (QED) is 0.624. The molecule has 4 atom stereocenters. The van der Waals surface area contributed by atoms with Gasteiger partial charge >= 0.3 is 6.01 Å². The van der Waals surface area contributed by atoms with Gasteiger partial charge in [-0.25, -0.2) is 0 Å². The molecule has 7 nitrogen and oxygen atoms in total. The van der Waals surface area contributed by atoms with Crippen LogP contribution in [-0.2, 0) is 4.74 Å². The minimum absolute atomic E-state index is 0.144. The zero-order chi connectivity index (χ0) is 12.2. The van der Waals surface area contributed by atoms with E-state index in [1.54, 1.807) is 17.7 Å². The lowest BCUT2D eigenvalue weighted by molar-refractivity contribution is -0.0435. The minimum atomic E-state index is -0.929. The van der Waals surface area contributed by atoms with Gasteiger partial charge in [-0.05, 0) is 6.92 Å². The number of aromatic nitrogens is 2. The summed E-state index contributed by atoms with van der Waals surface area (Å²) in [6, 6.07) is 0.144. The number of fused-ring (bicyclic) bond motifs is 3. The maximum absolute atomic E-state index is 11.4. The predicted octanol–water partition coefficient (Wildman–Crippen LogP) is -1.44. The number of nitrogens with zero attached hydrogens (tertiary/aromatic N) is 2. The highest BCUT2D eigenvalue weighted by Crippen LogP contribution is 2.38. The third-order valence-electron chi connectivity index (χ3n) is 3.10. The molecule has 0 saturated carbocycles. The molecule has 1 aromatic heterocycles. The summed E-state index contributed by atoms with van der Waals surface area (Å²) in [4.78, 5) is 15.1. The van der Waals surface area contributed by atoms with Crippen LogP contribution in [0.15, 0.2) is 11.0 Å². The lowest BCUT2D eigenvalue weighted by Gasteiger charge is -2.14. The topological polar surface area (TPSA) is 93.8 Å². The number of hydrogen-bond acceptors (Lipinski definition) is 6. The van der Waals surface area contributed by atoms with Crippen LogP contribution in [0, 0.1) is 6.92 Å². The van der Waals surface area contributed by atoms with Crippen molar-refractivity contribution in [2.75, 3.05) is 6.61 Å². The van der Waals surface area contributed by atoms with Crippen molar-refractivity contribution < 1.29 is 19.7 Å². The van der Waals surface area contributed by atoms with E-state index in [-0.39, 0.29) is 18.2 Å². The molecule has 1 fully saturated rings. The Labute approximate surface area is 96.2 Å². The first-order valence-electron chi connectivity index (χ1n) is 5.32. The Bertz CT molecular complexity index is 514. The van der Waals surface area contributed by atoms with Crippen LogP contribution in [0.25, 0.3) is 0 Å². The molecule has 0 aliphatic carbocycles. The van der Waals surface area contributed by atoms with Gasteiger partial charge in [-0.15, -0.1) is 0 Å². The smallest absolute Gasteiger partial charge is 0.302 e. The largest absolute Gasteiger partial charge is 0.453 e. The van der Waals surface area contributed by atoms with Crippen molar-refractivity contribution >= 4 is 0 Å². The molecular formula is C10H12N2O5. The summed E-state index contributed by atoms with van der Waals surface area (Å²) in [6.07, 6.45) is -1.17. The van der Waals surface area contributed by atoms with E-state index in [1.165, 1.54) is 0 Å². The molecule has 0 amide bonds. The molecule has 1 saturated heterocycles. The zero-order valence-corrected chi connectivity index (χ0v) is 9.11. The molecule has 2 aliphatic heterocycles. The van der Waals surface area contributed by atoms with Crippen molar-refractivity contribution in [2.24, 2.45) is 0 Å². The zero-order valence-electron chi connectivity index (χ0n) is 9.11. The number of aryl methyl sites for hydroxylation is 1. The van der Waals surface area contributed by atoms with Gasteiger partial charge in [0.15, 0.2) is 12.3 Å². The van der Waals surface area contributed by atoms with Crippen molar-refractivity contribution in [3.63, 3.8) is 0 Å². The molecule has 0 bridgehead atoms. The number of rotatable bonds is 1. The third-order valence-corrected chi connectivity index (χ3v) is 3.10. The molecule has 1 aromatic rings. The van der Waals surface area contributed by atoms with Crippen LogP contribution < -0.4 is 10.3 Å². The van der Waals surface area contributed by atoms with Crippen LogP contribution in [0.1, 0.15) is 11.8 Å². The molecule has 3 rings (SSSR count). The van der Waals surface area contributed by atoms with Crippen LogP contribution in [0.3, 0.4) is 0 Å². The highest BCUT2D eigenvalue weighted by atomic mass is 16.6. The number of ether oxygens (including phenoxy) is 2. The van der Waals surface area contributed by atoms with Gasteiger partial charge in [0.05, 0.1) is 6.61 Å². The van der Waals surface area contributed by atoms with E-state index >= 15 is 0 Å².